The molecule has 8 aromatic carbocycles. The number of nitrogens with zero attached hydrogens (tertiary/aromatic N) is 3. The fourth-order valence-electron chi connectivity index (χ4n) is 9.74. The standard InChI is InChI=1S/C53H42BN3O/c1-37-33-51-53(58-37)54-47-34-41(39-19-9-3-10-20-39)29-32-48(47)56(45-30-27-40(28-31-45)38-17-7-2-8-18-38)49-35-46(36-50(52(49)54)57(51)44-25-15-6-16-26-44)55(42-21-11-4-12-22-42)43-23-13-5-14-24-43/h2-32,34-37,51,53H,33H2,1H3. The molecule has 4 nitrogen and oxygen atoms in total. The molecule has 3 atom stereocenters. The number of hydrogen-bond donors (Lipinski definition) is 0. The second-order valence-corrected chi connectivity index (χ2v) is 15.7. The zero-order chi connectivity index (χ0) is 38.6. The van der Waals surface area contributed by atoms with E-state index in [4.69, 9.17) is 4.74 Å². The minimum absolute atomic E-state index is 0.0226. The van der Waals surface area contributed by atoms with E-state index in [1.807, 2.05) is 0 Å². The van der Waals surface area contributed by atoms with Crippen molar-refractivity contribution in [2.75, 3.05) is 14.7 Å². The molecule has 1 saturated heterocycles. The van der Waals surface area contributed by atoms with Crippen LogP contribution in [0.4, 0.5) is 45.5 Å². The van der Waals surface area contributed by atoms with Crippen molar-refractivity contribution < 1.29 is 4.74 Å². The second-order valence-electron chi connectivity index (χ2n) is 15.7. The summed E-state index contributed by atoms with van der Waals surface area (Å²) in [7, 11) is 0. The Bertz CT molecular complexity index is 2670. The molecule has 278 valence electrons. The Morgan fingerprint density at radius 3 is 1.62 bits per heavy atom. The van der Waals surface area contributed by atoms with Crippen LogP contribution in [0.3, 0.4) is 0 Å². The quantitative estimate of drug-likeness (QED) is 0.151. The number of anilines is 8. The van der Waals surface area contributed by atoms with E-state index in [0.717, 1.165) is 29.2 Å². The van der Waals surface area contributed by atoms with E-state index in [9.17, 15) is 0 Å². The minimum atomic E-state index is -0.0426. The number of para-hydroxylation sites is 3. The van der Waals surface area contributed by atoms with Crippen molar-refractivity contribution in [1.29, 1.82) is 0 Å². The minimum Gasteiger partial charge on any atom is -0.380 e. The third-order valence-corrected chi connectivity index (χ3v) is 12.2. The zero-order valence-electron chi connectivity index (χ0n) is 32.4. The largest absolute Gasteiger partial charge is 0.380 e. The second kappa shape index (κ2) is 14.3. The SMILES string of the molecule is CC1CC2C(O1)B1c3cc(-c4ccccc4)ccc3N(c3ccc(-c4ccccc4)cc3)c3cc(N(c4ccccc4)c4ccccc4)cc(c31)N2c1ccccc1. The molecular weight excluding hydrogens is 705 g/mol. The normalized spacial score (nSPS) is 17.7. The zero-order valence-corrected chi connectivity index (χ0v) is 32.4. The fraction of sp³-hybridized carbons (Fsp3) is 0.0943. The lowest BCUT2D eigenvalue weighted by atomic mass is 9.32. The molecule has 58 heavy (non-hydrogen) atoms. The van der Waals surface area contributed by atoms with Gasteiger partial charge in [-0.3, -0.25) is 0 Å². The Kier molecular flexibility index (Phi) is 8.48. The van der Waals surface area contributed by atoms with E-state index in [1.165, 1.54) is 55.9 Å². The van der Waals surface area contributed by atoms with Crippen LogP contribution >= 0.6 is 0 Å². The highest BCUT2D eigenvalue weighted by molar-refractivity contribution is 6.91. The van der Waals surface area contributed by atoms with Crippen molar-refractivity contribution in [2.45, 2.75) is 31.5 Å². The lowest BCUT2D eigenvalue weighted by Gasteiger charge is -2.48. The van der Waals surface area contributed by atoms with Crippen LogP contribution in [-0.4, -0.2) is 24.9 Å². The van der Waals surface area contributed by atoms with Crippen molar-refractivity contribution in [2.24, 2.45) is 0 Å². The molecule has 0 N–H and O–H groups in total. The Hall–Kier alpha value is -6.82. The highest BCUT2D eigenvalue weighted by atomic mass is 16.5. The van der Waals surface area contributed by atoms with Gasteiger partial charge in [-0.05, 0) is 113 Å². The van der Waals surface area contributed by atoms with E-state index in [0.29, 0.717) is 0 Å². The monoisotopic (exact) mass is 747 g/mol. The number of benzene rings is 8. The Morgan fingerprint density at radius 2 is 1.00 bits per heavy atom. The molecule has 0 aliphatic carbocycles. The third kappa shape index (κ3) is 5.81. The summed E-state index contributed by atoms with van der Waals surface area (Å²) in [5.41, 5.74) is 16.6. The van der Waals surface area contributed by atoms with Crippen LogP contribution in [-0.2, 0) is 4.74 Å². The summed E-state index contributed by atoms with van der Waals surface area (Å²) in [5.74, 6) is 0. The highest BCUT2D eigenvalue weighted by Crippen LogP contribution is 2.50. The molecule has 3 heterocycles. The Labute approximate surface area is 341 Å². The van der Waals surface area contributed by atoms with Crippen LogP contribution in [0.15, 0.2) is 206 Å². The van der Waals surface area contributed by atoms with Gasteiger partial charge in [-0.15, -0.1) is 0 Å². The first-order valence-corrected chi connectivity index (χ1v) is 20.4. The van der Waals surface area contributed by atoms with Gasteiger partial charge >= 0.3 is 0 Å². The number of fused-ring (bicyclic) bond motifs is 4. The molecule has 3 aliphatic rings. The molecular formula is C53H42BN3O. The van der Waals surface area contributed by atoms with Crippen LogP contribution in [0.1, 0.15) is 13.3 Å². The van der Waals surface area contributed by atoms with Crippen molar-refractivity contribution in [3.8, 4) is 22.3 Å². The molecule has 0 aromatic heterocycles. The molecule has 1 fully saturated rings. The maximum Gasteiger partial charge on any atom is 0.252 e. The van der Waals surface area contributed by atoms with Gasteiger partial charge in [-0.1, -0.05) is 140 Å². The van der Waals surface area contributed by atoms with Crippen molar-refractivity contribution in [3.63, 3.8) is 0 Å². The average molecular weight is 748 g/mol. The molecule has 0 saturated carbocycles. The summed E-state index contributed by atoms with van der Waals surface area (Å²) in [6, 6.07) is 75.1. The van der Waals surface area contributed by atoms with Crippen LogP contribution in [0, 0.1) is 0 Å². The summed E-state index contributed by atoms with van der Waals surface area (Å²) in [4.78, 5) is 7.51. The topological polar surface area (TPSA) is 19.0 Å². The van der Waals surface area contributed by atoms with Gasteiger partial charge in [-0.2, -0.15) is 0 Å². The van der Waals surface area contributed by atoms with E-state index < -0.39 is 0 Å². The van der Waals surface area contributed by atoms with Gasteiger partial charge in [0.05, 0.1) is 23.8 Å². The van der Waals surface area contributed by atoms with E-state index in [2.05, 4.69) is 228 Å². The van der Waals surface area contributed by atoms with E-state index in [1.54, 1.807) is 0 Å². The van der Waals surface area contributed by atoms with E-state index >= 15 is 0 Å². The molecule has 0 spiro atoms. The maximum absolute atomic E-state index is 7.12. The average Bonchev–Trinajstić information content (AvgIpc) is 3.68. The van der Waals surface area contributed by atoms with Crippen LogP contribution in [0.25, 0.3) is 22.3 Å². The molecule has 0 bridgehead atoms. The highest BCUT2D eigenvalue weighted by Gasteiger charge is 2.54. The summed E-state index contributed by atoms with van der Waals surface area (Å²) < 4.78 is 7.12. The number of hydrogen-bond acceptors (Lipinski definition) is 4. The lowest BCUT2D eigenvalue weighted by Crippen LogP contribution is -2.66. The first kappa shape index (κ1) is 34.4. The smallest absolute Gasteiger partial charge is 0.252 e. The van der Waals surface area contributed by atoms with Crippen LogP contribution in [0.2, 0.25) is 0 Å². The van der Waals surface area contributed by atoms with Gasteiger partial charge in [0, 0.05) is 39.8 Å². The van der Waals surface area contributed by atoms with E-state index in [-0.39, 0.29) is 24.9 Å². The number of rotatable bonds is 7. The van der Waals surface area contributed by atoms with Crippen molar-refractivity contribution in [1.82, 2.24) is 0 Å². The number of ether oxygens (including phenoxy) is 1. The molecule has 0 radical (unpaired) electrons. The van der Waals surface area contributed by atoms with Crippen LogP contribution in [0.5, 0.6) is 0 Å². The Balaban J connectivity index is 1.21. The third-order valence-electron chi connectivity index (χ3n) is 12.2. The molecule has 3 unspecified atom stereocenters. The molecule has 5 heteroatoms. The van der Waals surface area contributed by atoms with Gasteiger partial charge in [0.1, 0.15) is 0 Å². The van der Waals surface area contributed by atoms with Gasteiger partial charge < -0.3 is 19.4 Å². The molecule has 8 aromatic rings. The lowest BCUT2D eigenvalue weighted by molar-refractivity contribution is 0.0955. The summed E-state index contributed by atoms with van der Waals surface area (Å²) in [6.45, 7) is 2.27. The predicted molar refractivity (Wildman–Crippen MR) is 243 cm³/mol. The first-order chi connectivity index (χ1) is 28.7. The van der Waals surface area contributed by atoms with Crippen molar-refractivity contribution in [3.05, 3.63) is 206 Å². The van der Waals surface area contributed by atoms with Gasteiger partial charge in [-0.25, -0.2) is 0 Å². The molecule has 0 amide bonds. The van der Waals surface area contributed by atoms with Gasteiger partial charge in [0.2, 0.25) is 0 Å². The fourth-order valence-corrected chi connectivity index (χ4v) is 9.74. The first-order valence-electron chi connectivity index (χ1n) is 20.4. The summed E-state index contributed by atoms with van der Waals surface area (Å²) in [5, 5.41) is 0. The molecule has 11 rings (SSSR count). The predicted octanol–water partition coefficient (Wildman–Crippen LogP) is 12.1. The van der Waals surface area contributed by atoms with Crippen LogP contribution < -0.4 is 25.6 Å². The Morgan fingerprint density at radius 1 is 0.483 bits per heavy atom. The van der Waals surface area contributed by atoms with Gasteiger partial charge in [0.15, 0.2) is 0 Å². The van der Waals surface area contributed by atoms with Gasteiger partial charge in [0.25, 0.3) is 6.71 Å². The molecule has 3 aliphatic heterocycles. The maximum atomic E-state index is 7.12. The summed E-state index contributed by atoms with van der Waals surface area (Å²) in [6.07, 6.45) is 1.06. The summed E-state index contributed by atoms with van der Waals surface area (Å²) >= 11 is 0. The van der Waals surface area contributed by atoms with Crippen molar-refractivity contribution >= 4 is 63.1 Å².